The number of methoxy groups -OCH3 is 1. The van der Waals surface area contributed by atoms with Crippen molar-refractivity contribution in [3.63, 3.8) is 0 Å². The van der Waals surface area contributed by atoms with Gasteiger partial charge in [0.2, 0.25) is 0 Å². The van der Waals surface area contributed by atoms with Crippen molar-refractivity contribution in [1.82, 2.24) is 19.0 Å². The summed E-state index contributed by atoms with van der Waals surface area (Å²) in [5.41, 5.74) is 0.527. The van der Waals surface area contributed by atoms with Crippen LogP contribution in [0.15, 0.2) is 18.5 Å². The van der Waals surface area contributed by atoms with Crippen LogP contribution in [0.4, 0.5) is 10.6 Å². The van der Waals surface area contributed by atoms with E-state index >= 15 is 0 Å². The Labute approximate surface area is 155 Å². The highest BCUT2D eigenvalue weighted by atomic mass is 32.2. The van der Waals surface area contributed by atoms with Gasteiger partial charge in [0.05, 0.1) is 12.6 Å². The van der Waals surface area contributed by atoms with Crippen LogP contribution in [0.1, 0.15) is 6.42 Å². The van der Waals surface area contributed by atoms with Crippen molar-refractivity contribution in [2.24, 2.45) is 0 Å². The number of phenols is 1. The Bertz CT molecular complexity index is 967. The van der Waals surface area contributed by atoms with Gasteiger partial charge in [0, 0.05) is 37.6 Å². The topological polar surface area (TPSA) is 145 Å². The number of aromatic nitrogens is 2. The molecule has 11 nitrogen and oxygen atoms in total. The summed E-state index contributed by atoms with van der Waals surface area (Å²) in [4.78, 5) is 21.0. The molecule has 0 radical (unpaired) electrons. The average molecular weight is 397 g/mol. The van der Waals surface area contributed by atoms with E-state index in [0.717, 1.165) is 4.31 Å². The molecule has 0 spiro atoms. The largest absolute Gasteiger partial charge is 0.504 e. The predicted octanol–water partition coefficient (Wildman–Crippen LogP) is 0.369. The smallest absolute Gasteiger partial charge is 0.419 e. The summed E-state index contributed by atoms with van der Waals surface area (Å²) in [6, 6.07) is 3.11. The van der Waals surface area contributed by atoms with Crippen LogP contribution in [0, 0.1) is 0 Å². The lowest BCUT2D eigenvalue weighted by Crippen LogP contribution is -2.44. The summed E-state index contributed by atoms with van der Waals surface area (Å²) in [5.74, 6) is 0.828. The highest BCUT2D eigenvalue weighted by Gasteiger charge is 2.27. The molecule has 27 heavy (non-hydrogen) atoms. The molecule has 1 aromatic heterocycles. The number of ether oxygens (including phenoxy) is 1. The van der Waals surface area contributed by atoms with Crippen LogP contribution in [0.2, 0.25) is 0 Å². The SMILES string of the molecule is COc1cc2c(N3CCCN(S(=O)(=O)NC(=O)O)CC3)ncnc2cc1O. The lowest BCUT2D eigenvalue weighted by molar-refractivity contribution is 0.200. The van der Waals surface area contributed by atoms with Crippen LogP contribution < -0.4 is 14.4 Å². The molecule has 146 valence electrons. The van der Waals surface area contributed by atoms with Crippen molar-refractivity contribution >= 4 is 33.0 Å². The summed E-state index contributed by atoms with van der Waals surface area (Å²) in [7, 11) is -2.66. The summed E-state index contributed by atoms with van der Waals surface area (Å²) in [6.07, 6.45) is 0.237. The Morgan fingerprint density at radius 3 is 2.70 bits per heavy atom. The second kappa shape index (κ2) is 7.40. The molecule has 1 saturated heterocycles. The third kappa shape index (κ3) is 3.95. The van der Waals surface area contributed by atoms with E-state index in [4.69, 9.17) is 9.84 Å². The van der Waals surface area contributed by atoms with Crippen LogP contribution in [-0.4, -0.2) is 72.3 Å². The summed E-state index contributed by atoms with van der Waals surface area (Å²) in [5, 5.41) is 19.3. The number of rotatable bonds is 4. The highest BCUT2D eigenvalue weighted by molar-refractivity contribution is 7.87. The molecular weight excluding hydrogens is 378 g/mol. The molecule has 3 N–H and O–H groups in total. The molecule has 0 saturated carbocycles. The van der Waals surface area contributed by atoms with E-state index < -0.39 is 16.3 Å². The number of carbonyl (C=O) groups is 1. The Morgan fingerprint density at radius 1 is 1.22 bits per heavy atom. The Kier molecular flexibility index (Phi) is 5.19. The molecule has 2 heterocycles. The number of hydrogen-bond donors (Lipinski definition) is 3. The lowest BCUT2D eigenvalue weighted by Gasteiger charge is -2.23. The fraction of sp³-hybridized carbons (Fsp3) is 0.400. The standard InChI is InChI=1S/C15H19N5O6S/c1-26-13-7-10-11(8-12(13)21)16-9-17-14(10)19-3-2-4-20(6-5-19)27(24,25)18-15(22)23/h7-9,18,21H,2-6H2,1H3,(H,22,23). The van der Waals surface area contributed by atoms with Gasteiger partial charge in [-0.2, -0.15) is 12.7 Å². The zero-order valence-electron chi connectivity index (χ0n) is 14.5. The maximum absolute atomic E-state index is 12.1. The number of hydrogen-bond acceptors (Lipinski definition) is 8. The molecule has 1 aromatic carbocycles. The molecule has 1 aliphatic rings. The monoisotopic (exact) mass is 397 g/mol. The zero-order valence-corrected chi connectivity index (χ0v) is 15.3. The van der Waals surface area contributed by atoms with E-state index in [1.165, 1.54) is 19.5 Å². The van der Waals surface area contributed by atoms with Gasteiger partial charge in [0.1, 0.15) is 12.1 Å². The molecule has 1 amide bonds. The molecular formula is C15H19N5O6S. The molecule has 1 fully saturated rings. The number of benzene rings is 1. The van der Waals surface area contributed by atoms with Crippen molar-refractivity contribution in [2.75, 3.05) is 38.2 Å². The van der Waals surface area contributed by atoms with Crippen molar-refractivity contribution in [2.45, 2.75) is 6.42 Å². The summed E-state index contributed by atoms with van der Waals surface area (Å²) < 4.78 is 31.9. The number of carboxylic acid groups (broad SMARTS) is 1. The Hall–Kier alpha value is -2.86. The van der Waals surface area contributed by atoms with E-state index in [1.807, 2.05) is 4.90 Å². The average Bonchev–Trinajstić information content (AvgIpc) is 2.86. The molecule has 3 rings (SSSR count). The minimum atomic E-state index is -4.10. The van der Waals surface area contributed by atoms with E-state index in [1.54, 1.807) is 10.8 Å². The number of aromatic hydroxyl groups is 1. The van der Waals surface area contributed by atoms with Crippen molar-refractivity contribution in [3.8, 4) is 11.5 Å². The number of phenolic OH excluding ortho intramolecular Hbond substituents is 1. The normalized spacial score (nSPS) is 16.1. The molecule has 12 heteroatoms. The predicted molar refractivity (Wildman–Crippen MR) is 96.2 cm³/mol. The second-order valence-corrected chi connectivity index (χ2v) is 7.56. The number of nitrogens with one attached hydrogen (secondary N) is 1. The maximum atomic E-state index is 12.1. The van der Waals surface area contributed by atoms with Gasteiger partial charge in [-0.05, 0) is 12.5 Å². The van der Waals surface area contributed by atoms with Gasteiger partial charge in [-0.25, -0.2) is 19.5 Å². The van der Waals surface area contributed by atoms with Crippen LogP contribution >= 0.6 is 0 Å². The van der Waals surface area contributed by atoms with Crippen LogP contribution in [0.5, 0.6) is 11.5 Å². The fourth-order valence-electron chi connectivity index (χ4n) is 2.99. The van der Waals surface area contributed by atoms with Gasteiger partial charge in [0.25, 0.3) is 0 Å². The van der Waals surface area contributed by atoms with Gasteiger partial charge in [-0.15, -0.1) is 0 Å². The fourth-order valence-corrected chi connectivity index (χ4v) is 4.04. The quantitative estimate of drug-likeness (QED) is 0.666. The van der Waals surface area contributed by atoms with Gasteiger partial charge in [-0.3, -0.25) is 0 Å². The first kappa shape index (κ1) is 18.9. The van der Waals surface area contributed by atoms with Crippen molar-refractivity contribution in [3.05, 3.63) is 18.5 Å². The number of anilines is 1. The third-order valence-electron chi connectivity index (χ3n) is 4.23. The van der Waals surface area contributed by atoms with Crippen molar-refractivity contribution in [1.29, 1.82) is 0 Å². The Morgan fingerprint density at radius 2 is 2.00 bits per heavy atom. The van der Waals surface area contributed by atoms with Crippen LogP contribution in [0.25, 0.3) is 10.9 Å². The molecule has 1 aliphatic heterocycles. The molecule has 0 atom stereocenters. The van der Waals surface area contributed by atoms with E-state index in [0.29, 0.717) is 36.2 Å². The number of amides is 1. The Balaban J connectivity index is 1.89. The second-order valence-electron chi connectivity index (χ2n) is 5.89. The van der Waals surface area contributed by atoms with Gasteiger partial charge in [-0.1, -0.05) is 0 Å². The molecule has 2 aromatic rings. The third-order valence-corrected chi connectivity index (χ3v) is 5.70. The first-order chi connectivity index (χ1) is 12.8. The lowest BCUT2D eigenvalue weighted by atomic mass is 10.2. The van der Waals surface area contributed by atoms with E-state index in [9.17, 15) is 18.3 Å². The van der Waals surface area contributed by atoms with Gasteiger partial charge >= 0.3 is 16.3 Å². The van der Waals surface area contributed by atoms with Crippen molar-refractivity contribution < 1.29 is 28.2 Å². The molecule has 0 unspecified atom stereocenters. The summed E-state index contributed by atoms with van der Waals surface area (Å²) in [6.45, 7) is 1.12. The highest BCUT2D eigenvalue weighted by Crippen LogP contribution is 2.34. The van der Waals surface area contributed by atoms with Gasteiger partial charge in [0.15, 0.2) is 11.5 Å². The minimum Gasteiger partial charge on any atom is -0.504 e. The number of fused-ring (bicyclic) bond motifs is 1. The summed E-state index contributed by atoms with van der Waals surface area (Å²) >= 11 is 0. The van der Waals surface area contributed by atoms with Crippen LogP contribution in [0.3, 0.4) is 0 Å². The van der Waals surface area contributed by atoms with E-state index in [-0.39, 0.29) is 24.6 Å². The first-order valence-corrected chi connectivity index (χ1v) is 9.53. The zero-order chi connectivity index (χ0) is 19.6. The minimum absolute atomic E-state index is 0.0393. The van der Waals surface area contributed by atoms with Gasteiger partial charge < -0.3 is 19.8 Å². The molecule has 0 bridgehead atoms. The molecule has 0 aliphatic carbocycles. The van der Waals surface area contributed by atoms with E-state index in [2.05, 4.69) is 9.97 Å². The van der Waals surface area contributed by atoms with Crippen LogP contribution in [-0.2, 0) is 10.2 Å². The first-order valence-electron chi connectivity index (χ1n) is 8.09. The number of nitrogens with zero attached hydrogens (tertiary/aromatic N) is 4. The maximum Gasteiger partial charge on any atom is 0.419 e.